The van der Waals surface area contributed by atoms with Crippen molar-refractivity contribution in [3.8, 4) is 0 Å². The van der Waals surface area contributed by atoms with Gasteiger partial charge < -0.3 is 11.1 Å². The SMILES string of the molecule is CC(C)C1N=NC=C1c1cncc(NC(=O)n2nc(N)c3ccccc32)c1. The standard InChI is InChI=1S/C19H19N7O/c1-11(2)17-15(10-22-24-17)12-7-13(9-21-8-12)23-19(27)26-16-6-4-3-5-14(16)18(20)25-26/h3-11,17H,1-2H3,(H2,20,25)(H,23,27). The Labute approximate surface area is 155 Å². The van der Waals surface area contributed by atoms with Crippen molar-refractivity contribution in [1.82, 2.24) is 14.8 Å². The lowest BCUT2D eigenvalue weighted by Gasteiger charge is -2.15. The van der Waals surface area contributed by atoms with Crippen LogP contribution in [0.3, 0.4) is 0 Å². The molecule has 4 rings (SSSR count). The Morgan fingerprint density at radius 2 is 2.07 bits per heavy atom. The number of amides is 1. The van der Waals surface area contributed by atoms with Gasteiger partial charge in [0.25, 0.3) is 0 Å². The summed E-state index contributed by atoms with van der Waals surface area (Å²) in [6.07, 6.45) is 5.08. The molecule has 0 spiro atoms. The van der Waals surface area contributed by atoms with Gasteiger partial charge in [0, 0.05) is 22.7 Å². The normalized spacial score (nSPS) is 16.1. The summed E-state index contributed by atoms with van der Waals surface area (Å²) in [7, 11) is 0. The van der Waals surface area contributed by atoms with Crippen LogP contribution in [0.25, 0.3) is 16.5 Å². The fourth-order valence-corrected chi connectivity index (χ4v) is 3.13. The van der Waals surface area contributed by atoms with Gasteiger partial charge in [-0.2, -0.15) is 14.9 Å². The highest BCUT2D eigenvalue weighted by molar-refractivity contribution is 6.00. The third-order valence-electron chi connectivity index (χ3n) is 4.47. The van der Waals surface area contributed by atoms with Crippen molar-refractivity contribution in [3.63, 3.8) is 0 Å². The van der Waals surface area contributed by atoms with E-state index in [1.165, 1.54) is 4.68 Å². The van der Waals surface area contributed by atoms with Gasteiger partial charge in [-0.25, -0.2) is 4.79 Å². The Kier molecular flexibility index (Phi) is 4.15. The van der Waals surface area contributed by atoms with E-state index in [9.17, 15) is 4.79 Å². The van der Waals surface area contributed by atoms with Crippen molar-refractivity contribution in [2.75, 3.05) is 11.1 Å². The predicted molar refractivity (Wildman–Crippen MR) is 104 cm³/mol. The molecule has 3 aromatic rings. The lowest BCUT2D eigenvalue weighted by atomic mass is 9.93. The van der Waals surface area contributed by atoms with E-state index in [0.29, 0.717) is 22.9 Å². The van der Waals surface area contributed by atoms with Crippen LogP contribution in [-0.2, 0) is 0 Å². The van der Waals surface area contributed by atoms with E-state index in [1.54, 1.807) is 24.7 Å². The van der Waals surface area contributed by atoms with Gasteiger partial charge in [0.1, 0.15) is 6.04 Å². The number of para-hydroxylation sites is 1. The second kappa shape index (κ2) is 6.64. The molecule has 0 bridgehead atoms. The van der Waals surface area contributed by atoms with Gasteiger partial charge in [0.15, 0.2) is 5.82 Å². The summed E-state index contributed by atoms with van der Waals surface area (Å²) < 4.78 is 1.26. The second-order valence-electron chi connectivity index (χ2n) is 6.71. The van der Waals surface area contributed by atoms with Crippen LogP contribution < -0.4 is 11.1 Å². The number of hydrogen-bond donors (Lipinski definition) is 2. The maximum Gasteiger partial charge on any atom is 0.347 e. The quantitative estimate of drug-likeness (QED) is 0.736. The van der Waals surface area contributed by atoms with Crippen LogP contribution >= 0.6 is 0 Å². The fourth-order valence-electron chi connectivity index (χ4n) is 3.13. The first kappa shape index (κ1) is 16.9. The van der Waals surface area contributed by atoms with Crippen molar-refractivity contribution in [2.24, 2.45) is 16.1 Å². The van der Waals surface area contributed by atoms with Gasteiger partial charge in [-0.3, -0.25) is 4.98 Å². The number of nitrogen functional groups attached to an aromatic ring is 1. The molecule has 8 heteroatoms. The number of aromatic nitrogens is 3. The van der Waals surface area contributed by atoms with Crippen LogP contribution in [0.5, 0.6) is 0 Å². The predicted octanol–water partition coefficient (Wildman–Crippen LogP) is 3.93. The van der Waals surface area contributed by atoms with Crippen LogP contribution in [-0.4, -0.2) is 26.8 Å². The van der Waals surface area contributed by atoms with E-state index >= 15 is 0 Å². The van der Waals surface area contributed by atoms with Crippen LogP contribution in [0, 0.1) is 5.92 Å². The molecule has 0 fully saturated rings. The van der Waals surface area contributed by atoms with Gasteiger partial charge in [0.2, 0.25) is 0 Å². The Hall–Kier alpha value is -3.55. The zero-order valence-corrected chi connectivity index (χ0v) is 15.0. The lowest BCUT2D eigenvalue weighted by molar-refractivity contribution is 0.252. The van der Waals surface area contributed by atoms with Crippen LogP contribution in [0.4, 0.5) is 16.3 Å². The molecule has 136 valence electrons. The maximum absolute atomic E-state index is 12.7. The molecule has 8 nitrogen and oxygen atoms in total. The number of nitrogens with two attached hydrogens (primary N) is 1. The van der Waals surface area contributed by atoms with Crippen molar-refractivity contribution in [3.05, 3.63) is 54.5 Å². The molecular weight excluding hydrogens is 342 g/mol. The minimum Gasteiger partial charge on any atom is -0.382 e. The summed E-state index contributed by atoms with van der Waals surface area (Å²) in [6.45, 7) is 4.18. The largest absolute Gasteiger partial charge is 0.382 e. The minimum atomic E-state index is -0.406. The first-order valence-electron chi connectivity index (χ1n) is 8.64. The number of anilines is 2. The van der Waals surface area contributed by atoms with Crippen molar-refractivity contribution in [2.45, 2.75) is 19.9 Å². The molecule has 1 aliphatic heterocycles. The molecule has 0 saturated heterocycles. The number of azo groups is 1. The monoisotopic (exact) mass is 361 g/mol. The maximum atomic E-state index is 12.7. The molecule has 0 radical (unpaired) electrons. The average molecular weight is 361 g/mol. The molecule has 1 amide bonds. The molecule has 1 unspecified atom stereocenters. The summed E-state index contributed by atoms with van der Waals surface area (Å²) in [5.74, 6) is 0.630. The fraction of sp³-hybridized carbons (Fsp3) is 0.211. The van der Waals surface area contributed by atoms with Crippen LogP contribution in [0.1, 0.15) is 19.4 Å². The van der Waals surface area contributed by atoms with Crippen molar-refractivity contribution in [1.29, 1.82) is 0 Å². The van der Waals surface area contributed by atoms with E-state index < -0.39 is 6.03 Å². The number of hydrogen-bond acceptors (Lipinski definition) is 6. The number of nitrogens with one attached hydrogen (secondary N) is 1. The molecule has 0 aliphatic carbocycles. The highest BCUT2D eigenvalue weighted by atomic mass is 16.2. The number of pyridine rings is 1. The van der Waals surface area contributed by atoms with Gasteiger partial charge in [-0.15, -0.1) is 5.10 Å². The third-order valence-corrected chi connectivity index (χ3v) is 4.47. The molecular formula is C19H19N7O. The molecule has 27 heavy (non-hydrogen) atoms. The van der Waals surface area contributed by atoms with Crippen LogP contribution in [0.2, 0.25) is 0 Å². The van der Waals surface area contributed by atoms with E-state index in [0.717, 1.165) is 16.5 Å². The minimum absolute atomic E-state index is 0.00684. The summed E-state index contributed by atoms with van der Waals surface area (Å²) >= 11 is 0. The lowest BCUT2D eigenvalue weighted by Crippen LogP contribution is -2.21. The van der Waals surface area contributed by atoms with Crippen LogP contribution in [0.15, 0.2) is 59.2 Å². The molecule has 3 N–H and O–H groups in total. The highest BCUT2D eigenvalue weighted by Crippen LogP contribution is 2.31. The van der Waals surface area contributed by atoms with E-state index in [2.05, 4.69) is 39.5 Å². The number of carbonyl (C=O) groups excluding carboxylic acids is 1. The molecule has 1 aliphatic rings. The Morgan fingerprint density at radius 1 is 1.26 bits per heavy atom. The van der Waals surface area contributed by atoms with E-state index in [1.807, 2.05) is 24.3 Å². The Morgan fingerprint density at radius 3 is 2.89 bits per heavy atom. The number of carbonyl (C=O) groups is 1. The zero-order chi connectivity index (χ0) is 19.0. The number of rotatable bonds is 3. The summed E-state index contributed by atoms with van der Waals surface area (Å²) in [5, 5.41) is 16.0. The van der Waals surface area contributed by atoms with E-state index in [-0.39, 0.29) is 6.04 Å². The average Bonchev–Trinajstić information content (AvgIpc) is 3.28. The molecule has 2 aromatic heterocycles. The topological polar surface area (TPSA) is 111 Å². The van der Waals surface area contributed by atoms with Crippen molar-refractivity contribution >= 4 is 34.0 Å². The Bertz CT molecular complexity index is 1080. The summed E-state index contributed by atoms with van der Waals surface area (Å²) in [4.78, 5) is 16.9. The molecule has 0 saturated carbocycles. The molecule has 3 heterocycles. The van der Waals surface area contributed by atoms with Gasteiger partial charge in [-0.05, 0) is 24.1 Å². The molecule has 1 aromatic carbocycles. The molecule has 1 atom stereocenters. The highest BCUT2D eigenvalue weighted by Gasteiger charge is 2.23. The number of benzene rings is 1. The van der Waals surface area contributed by atoms with Gasteiger partial charge in [-0.1, -0.05) is 26.0 Å². The number of fused-ring (bicyclic) bond motifs is 1. The van der Waals surface area contributed by atoms with E-state index in [4.69, 9.17) is 5.73 Å². The number of nitrogens with zero attached hydrogens (tertiary/aromatic N) is 5. The summed E-state index contributed by atoms with van der Waals surface area (Å²) in [5.41, 5.74) is 8.98. The van der Waals surface area contributed by atoms with Gasteiger partial charge >= 0.3 is 6.03 Å². The Balaban J connectivity index is 1.61. The first-order chi connectivity index (χ1) is 13.0. The first-order valence-corrected chi connectivity index (χ1v) is 8.64. The second-order valence-corrected chi connectivity index (χ2v) is 6.71. The summed E-state index contributed by atoms with van der Waals surface area (Å²) in [6, 6.07) is 8.76. The zero-order valence-electron chi connectivity index (χ0n) is 15.0. The van der Waals surface area contributed by atoms with Gasteiger partial charge in [0.05, 0.1) is 23.6 Å². The smallest absolute Gasteiger partial charge is 0.347 e. The van der Waals surface area contributed by atoms with Crippen molar-refractivity contribution < 1.29 is 4.79 Å². The third kappa shape index (κ3) is 3.05.